The van der Waals surface area contributed by atoms with Gasteiger partial charge in [0, 0.05) is 11.1 Å². The van der Waals surface area contributed by atoms with Gasteiger partial charge in [0.05, 0.1) is 0 Å². The minimum Gasteiger partial charge on any atom is -0.457 e. The second kappa shape index (κ2) is 8.21. The predicted molar refractivity (Wildman–Crippen MR) is 117 cm³/mol. The highest BCUT2D eigenvalue weighted by atomic mass is 16.5. The third kappa shape index (κ3) is 4.39. The van der Waals surface area contributed by atoms with Crippen LogP contribution in [0.4, 0.5) is 0 Å². The van der Waals surface area contributed by atoms with Gasteiger partial charge in [-0.2, -0.15) is 0 Å². The molecule has 0 bridgehead atoms. The van der Waals surface area contributed by atoms with Crippen LogP contribution in [0.1, 0.15) is 34.6 Å². The van der Waals surface area contributed by atoms with E-state index in [1.54, 1.807) is 48.5 Å². The molecule has 0 heterocycles. The molecular formula is C26H20O4. The van der Waals surface area contributed by atoms with Gasteiger partial charge in [-0.25, -0.2) is 0 Å². The first kappa shape index (κ1) is 19.4. The Morgan fingerprint density at radius 3 is 1.23 bits per heavy atom. The molecule has 0 saturated carbocycles. The smallest absolute Gasteiger partial charge is 0.159 e. The number of hydrogen-bond donors (Lipinski definition) is 0. The summed E-state index contributed by atoms with van der Waals surface area (Å²) >= 11 is 0. The van der Waals surface area contributed by atoms with Crippen molar-refractivity contribution in [1.82, 2.24) is 0 Å². The fourth-order valence-corrected chi connectivity index (χ4v) is 3.12. The molecule has 30 heavy (non-hydrogen) atoms. The first-order chi connectivity index (χ1) is 14.5. The molecular weight excluding hydrogens is 376 g/mol. The van der Waals surface area contributed by atoms with Crippen molar-refractivity contribution in [3.05, 3.63) is 96.1 Å². The van der Waals surface area contributed by atoms with Gasteiger partial charge in [0.2, 0.25) is 0 Å². The number of hydrogen-bond acceptors (Lipinski definition) is 4. The normalized spacial score (nSPS) is 10.6. The second-order valence-corrected chi connectivity index (χ2v) is 7.04. The molecule has 0 fully saturated rings. The summed E-state index contributed by atoms with van der Waals surface area (Å²) in [7, 11) is 0. The van der Waals surface area contributed by atoms with E-state index in [0.717, 1.165) is 10.8 Å². The maximum absolute atomic E-state index is 11.4. The van der Waals surface area contributed by atoms with Crippen LogP contribution < -0.4 is 9.47 Å². The van der Waals surface area contributed by atoms with Crippen molar-refractivity contribution in [2.75, 3.05) is 0 Å². The summed E-state index contributed by atoms with van der Waals surface area (Å²) in [5, 5.41) is 2.04. The van der Waals surface area contributed by atoms with E-state index in [0.29, 0.717) is 34.1 Å². The standard InChI is InChI=1S/C26H20O4/c1-17(27)19-3-9-23(10-4-19)29-25-13-7-21-8-14-26(16-22(21)15-25)30-24-11-5-20(6-12-24)18(2)28/h3-16H,1-2H3. The molecule has 4 rings (SSSR count). The molecule has 0 aliphatic carbocycles. The number of benzene rings is 4. The zero-order valence-corrected chi connectivity index (χ0v) is 16.7. The van der Waals surface area contributed by atoms with Crippen LogP contribution in [0.15, 0.2) is 84.9 Å². The third-order valence-electron chi connectivity index (χ3n) is 4.78. The number of fused-ring (bicyclic) bond motifs is 1. The number of carbonyl (C=O) groups excluding carboxylic acids is 2. The molecule has 0 aliphatic rings. The van der Waals surface area contributed by atoms with Gasteiger partial charge in [0.1, 0.15) is 23.0 Å². The molecule has 0 aliphatic heterocycles. The van der Waals surface area contributed by atoms with Crippen molar-refractivity contribution < 1.29 is 19.1 Å². The molecule has 0 saturated heterocycles. The van der Waals surface area contributed by atoms with Crippen molar-refractivity contribution in [2.24, 2.45) is 0 Å². The topological polar surface area (TPSA) is 52.6 Å². The van der Waals surface area contributed by atoms with Gasteiger partial charge >= 0.3 is 0 Å². The number of ether oxygens (including phenoxy) is 2. The fourth-order valence-electron chi connectivity index (χ4n) is 3.12. The lowest BCUT2D eigenvalue weighted by molar-refractivity contribution is 0.100. The van der Waals surface area contributed by atoms with Gasteiger partial charge < -0.3 is 9.47 Å². The zero-order chi connectivity index (χ0) is 21.1. The molecule has 0 aromatic heterocycles. The zero-order valence-electron chi connectivity index (χ0n) is 16.7. The predicted octanol–water partition coefficient (Wildman–Crippen LogP) is 6.83. The lowest BCUT2D eigenvalue weighted by Gasteiger charge is -2.10. The van der Waals surface area contributed by atoms with Crippen molar-refractivity contribution in [2.45, 2.75) is 13.8 Å². The Balaban J connectivity index is 1.54. The average molecular weight is 396 g/mol. The van der Waals surface area contributed by atoms with Crippen LogP contribution >= 0.6 is 0 Å². The van der Waals surface area contributed by atoms with Gasteiger partial charge in [0.25, 0.3) is 0 Å². The largest absolute Gasteiger partial charge is 0.457 e. The fraction of sp³-hybridized carbons (Fsp3) is 0.0769. The van der Waals surface area contributed by atoms with Crippen LogP contribution in [0.5, 0.6) is 23.0 Å². The number of rotatable bonds is 6. The molecule has 4 heteroatoms. The Labute approximate surface area is 174 Å². The van der Waals surface area contributed by atoms with E-state index >= 15 is 0 Å². The van der Waals surface area contributed by atoms with E-state index in [1.165, 1.54) is 13.8 Å². The average Bonchev–Trinajstić information content (AvgIpc) is 2.74. The molecule has 0 radical (unpaired) electrons. The van der Waals surface area contributed by atoms with E-state index in [9.17, 15) is 9.59 Å². The molecule has 0 N–H and O–H groups in total. The number of carbonyl (C=O) groups is 2. The van der Waals surface area contributed by atoms with Crippen LogP contribution in [0.3, 0.4) is 0 Å². The van der Waals surface area contributed by atoms with Gasteiger partial charge in [-0.3, -0.25) is 9.59 Å². The highest BCUT2D eigenvalue weighted by molar-refractivity contribution is 5.94. The maximum Gasteiger partial charge on any atom is 0.159 e. The van der Waals surface area contributed by atoms with Crippen molar-refractivity contribution in [3.8, 4) is 23.0 Å². The van der Waals surface area contributed by atoms with Crippen LogP contribution in [0.2, 0.25) is 0 Å². The first-order valence-corrected chi connectivity index (χ1v) is 9.59. The molecule has 4 nitrogen and oxygen atoms in total. The summed E-state index contributed by atoms with van der Waals surface area (Å²) < 4.78 is 11.9. The minimum atomic E-state index is 0.0238. The van der Waals surface area contributed by atoms with Crippen molar-refractivity contribution >= 4 is 22.3 Å². The van der Waals surface area contributed by atoms with Gasteiger partial charge in [0.15, 0.2) is 11.6 Å². The SMILES string of the molecule is CC(=O)c1ccc(Oc2ccc3ccc(Oc4ccc(C(C)=O)cc4)cc3c2)cc1. The maximum atomic E-state index is 11.4. The van der Waals surface area contributed by atoms with Crippen LogP contribution in [0.25, 0.3) is 10.8 Å². The molecule has 0 amide bonds. The van der Waals surface area contributed by atoms with Gasteiger partial charge in [-0.1, -0.05) is 12.1 Å². The number of ketones is 2. The van der Waals surface area contributed by atoms with Crippen LogP contribution in [0, 0.1) is 0 Å². The Morgan fingerprint density at radius 2 is 0.867 bits per heavy atom. The van der Waals surface area contributed by atoms with Gasteiger partial charge in [-0.05, 0) is 97.4 Å². The quantitative estimate of drug-likeness (QED) is 0.335. The summed E-state index contributed by atoms with van der Waals surface area (Å²) in [4.78, 5) is 22.8. The minimum absolute atomic E-state index is 0.0238. The van der Waals surface area contributed by atoms with E-state index in [1.807, 2.05) is 36.4 Å². The second-order valence-electron chi connectivity index (χ2n) is 7.04. The molecule has 0 atom stereocenters. The Bertz CT molecular complexity index is 1130. The highest BCUT2D eigenvalue weighted by Gasteiger charge is 2.05. The van der Waals surface area contributed by atoms with Crippen LogP contribution in [-0.2, 0) is 0 Å². The lowest BCUT2D eigenvalue weighted by Crippen LogP contribution is -1.92. The summed E-state index contributed by atoms with van der Waals surface area (Å²) in [6.07, 6.45) is 0. The van der Waals surface area contributed by atoms with E-state index < -0.39 is 0 Å². The molecule has 4 aromatic rings. The van der Waals surface area contributed by atoms with Crippen molar-refractivity contribution in [1.29, 1.82) is 0 Å². The molecule has 148 valence electrons. The third-order valence-corrected chi connectivity index (χ3v) is 4.78. The highest BCUT2D eigenvalue weighted by Crippen LogP contribution is 2.30. The van der Waals surface area contributed by atoms with E-state index in [2.05, 4.69) is 0 Å². The first-order valence-electron chi connectivity index (χ1n) is 9.59. The van der Waals surface area contributed by atoms with Crippen LogP contribution in [-0.4, -0.2) is 11.6 Å². The Hall–Kier alpha value is -3.92. The summed E-state index contributed by atoms with van der Waals surface area (Å²) in [5.41, 5.74) is 1.30. The van der Waals surface area contributed by atoms with Gasteiger partial charge in [-0.15, -0.1) is 0 Å². The van der Waals surface area contributed by atoms with Crippen molar-refractivity contribution in [3.63, 3.8) is 0 Å². The molecule has 0 unspecified atom stereocenters. The summed E-state index contributed by atoms with van der Waals surface area (Å²) in [5.74, 6) is 2.77. The summed E-state index contributed by atoms with van der Waals surface area (Å²) in [6, 6.07) is 25.8. The van der Waals surface area contributed by atoms with E-state index in [4.69, 9.17) is 9.47 Å². The summed E-state index contributed by atoms with van der Waals surface area (Å²) in [6.45, 7) is 3.08. The molecule has 4 aromatic carbocycles. The monoisotopic (exact) mass is 396 g/mol. The van der Waals surface area contributed by atoms with E-state index in [-0.39, 0.29) is 11.6 Å². The molecule has 0 spiro atoms. The Morgan fingerprint density at radius 1 is 0.500 bits per heavy atom. The Kier molecular flexibility index (Phi) is 5.31. The number of Topliss-reactive ketones (excluding diaryl/α,β-unsaturated/α-hetero) is 2. The lowest BCUT2D eigenvalue weighted by atomic mass is 10.1.